The first-order valence-corrected chi connectivity index (χ1v) is 10.1. The summed E-state index contributed by atoms with van der Waals surface area (Å²) >= 11 is 7.26. The number of nitrogens with one attached hydrogen (secondary N) is 2. The van der Waals surface area contributed by atoms with Gasteiger partial charge in [0.15, 0.2) is 10.8 Å². The van der Waals surface area contributed by atoms with Crippen molar-refractivity contribution in [2.45, 2.75) is 11.6 Å². The zero-order chi connectivity index (χ0) is 19.3. The third kappa shape index (κ3) is 4.52. The van der Waals surface area contributed by atoms with E-state index in [1.54, 1.807) is 12.3 Å². The summed E-state index contributed by atoms with van der Waals surface area (Å²) in [6, 6.07) is 19.8. The molecule has 2 N–H and O–H groups in total. The molecule has 7 heteroatoms. The molecule has 140 valence electrons. The van der Waals surface area contributed by atoms with Crippen molar-refractivity contribution >= 4 is 46.1 Å². The SMILES string of the molecule is O=C(CSc1nc2ncc(Cl)cc2[nH]1)Nc1ccccc1Cc1ccccc1. The number of para-hydroxylation sites is 1. The van der Waals surface area contributed by atoms with E-state index in [9.17, 15) is 4.79 Å². The monoisotopic (exact) mass is 408 g/mol. The van der Waals surface area contributed by atoms with Crippen LogP contribution in [-0.2, 0) is 11.2 Å². The van der Waals surface area contributed by atoms with Gasteiger partial charge in [-0.05, 0) is 29.7 Å². The highest BCUT2D eigenvalue weighted by molar-refractivity contribution is 7.99. The first-order chi connectivity index (χ1) is 13.7. The lowest BCUT2D eigenvalue weighted by atomic mass is 10.0. The number of carbonyl (C=O) groups excluding carboxylic acids is 1. The Balaban J connectivity index is 1.41. The minimum Gasteiger partial charge on any atom is -0.331 e. The number of thioether (sulfide) groups is 1. The van der Waals surface area contributed by atoms with Crippen LogP contribution in [0.2, 0.25) is 5.02 Å². The van der Waals surface area contributed by atoms with Crippen LogP contribution in [0.4, 0.5) is 5.69 Å². The van der Waals surface area contributed by atoms with Gasteiger partial charge in [-0.3, -0.25) is 4.79 Å². The number of aromatic amines is 1. The van der Waals surface area contributed by atoms with E-state index in [1.165, 1.54) is 17.3 Å². The number of H-pyrrole nitrogens is 1. The van der Waals surface area contributed by atoms with Crippen LogP contribution in [0.25, 0.3) is 11.2 Å². The van der Waals surface area contributed by atoms with Crippen LogP contribution in [-0.4, -0.2) is 26.6 Å². The number of fused-ring (bicyclic) bond motifs is 1. The van der Waals surface area contributed by atoms with E-state index in [0.717, 1.165) is 23.2 Å². The van der Waals surface area contributed by atoms with Crippen LogP contribution in [0.3, 0.4) is 0 Å². The van der Waals surface area contributed by atoms with Gasteiger partial charge in [-0.2, -0.15) is 0 Å². The smallest absolute Gasteiger partial charge is 0.234 e. The Morgan fingerprint density at radius 1 is 1.11 bits per heavy atom. The average molecular weight is 409 g/mol. The molecule has 0 fully saturated rings. The normalized spacial score (nSPS) is 10.9. The van der Waals surface area contributed by atoms with Crippen LogP contribution in [0, 0.1) is 0 Å². The third-order valence-electron chi connectivity index (χ3n) is 4.15. The van der Waals surface area contributed by atoms with Crippen LogP contribution < -0.4 is 5.32 Å². The number of hydrogen-bond donors (Lipinski definition) is 2. The number of amides is 1. The fourth-order valence-corrected chi connectivity index (χ4v) is 3.68. The molecule has 0 aliphatic carbocycles. The van der Waals surface area contributed by atoms with Crippen molar-refractivity contribution in [3.05, 3.63) is 83.0 Å². The largest absolute Gasteiger partial charge is 0.331 e. The molecule has 0 saturated heterocycles. The van der Waals surface area contributed by atoms with Crippen molar-refractivity contribution in [2.24, 2.45) is 0 Å². The summed E-state index contributed by atoms with van der Waals surface area (Å²) in [7, 11) is 0. The number of rotatable bonds is 6. The minimum atomic E-state index is -0.0861. The zero-order valence-electron chi connectivity index (χ0n) is 14.9. The van der Waals surface area contributed by atoms with E-state index in [1.807, 2.05) is 42.5 Å². The Kier molecular flexibility index (Phi) is 5.60. The molecule has 2 heterocycles. The van der Waals surface area contributed by atoms with E-state index in [-0.39, 0.29) is 11.7 Å². The maximum atomic E-state index is 12.4. The highest BCUT2D eigenvalue weighted by Gasteiger charge is 2.10. The van der Waals surface area contributed by atoms with Gasteiger partial charge in [-0.1, -0.05) is 71.9 Å². The van der Waals surface area contributed by atoms with Crippen molar-refractivity contribution in [1.29, 1.82) is 0 Å². The summed E-state index contributed by atoms with van der Waals surface area (Å²) in [6.45, 7) is 0. The van der Waals surface area contributed by atoms with Crippen molar-refractivity contribution in [3.8, 4) is 0 Å². The fourth-order valence-electron chi connectivity index (χ4n) is 2.85. The van der Waals surface area contributed by atoms with E-state index >= 15 is 0 Å². The molecule has 0 bridgehead atoms. The maximum Gasteiger partial charge on any atom is 0.234 e. The van der Waals surface area contributed by atoms with Crippen molar-refractivity contribution in [1.82, 2.24) is 15.0 Å². The first-order valence-electron chi connectivity index (χ1n) is 8.73. The number of pyridine rings is 1. The molecular formula is C21H17ClN4OS. The number of carbonyl (C=O) groups is 1. The Morgan fingerprint density at radius 3 is 2.75 bits per heavy atom. The maximum absolute atomic E-state index is 12.4. The zero-order valence-corrected chi connectivity index (χ0v) is 16.4. The quantitative estimate of drug-likeness (QED) is 0.443. The molecule has 28 heavy (non-hydrogen) atoms. The Morgan fingerprint density at radius 2 is 1.89 bits per heavy atom. The van der Waals surface area contributed by atoms with Gasteiger partial charge in [-0.15, -0.1) is 0 Å². The third-order valence-corrected chi connectivity index (χ3v) is 5.23. The number of benzene rings is 2. The standard InChI is InChI=1S/C21H17ClN4OS/c22-16-11-18-20(23-12-16)26-21(25-18)28-13-19(27)24-17-9-5-4-8-15(17)10-14-6-2-1-3-7-14/h1-9,11-12H,10,13H2,(H,24,27)(H,23,25,26). The molecule has 0 spiro atoms. The van der Waals surface area contributed by atoms with Crippen LogP contribution in [0.5, 0.6) is 0 Å². The Hall–Kier alpha value is -2.83. The number of hydrogen-bond acceptors (Lipinski definition) is 4. The molecule has 0 aliphatic rings. The highest BCUT2D eigenvalue weighted by Crippen LogP contribution is 2.22. The highest BCUT2D eigenvalue weighted by atomic mass is 35.5. The Bertz CT molecular complexity index is 1110. The van der Waals surface area contributed by atoms with Crippen LogP contribution in [0.1, 0.15) is 11.1 Å². The van der Waals surface area contributed by atoms with Crippen molar-refractivity contribution in [3.63, 3.8) is 0 Å². The van der Waals surface area contributed by atoms with E-state index in [4.69, 9.17) is 11.6 Å². The second-order valence-electron chi connectivity index (χ2n) is 6.22. The van der Waals surface area contributed by atoms with E-state index in [0.29, 0.717) is 15.8 Å². The average Bonchev–Trinajstić information content (AvgIpc) is 3.11. The van der Waals surface area contributed by atoms with Crippen LogP contribution >= 0.6 is 23.4 Å². The lowest BCUT2D eigenvalue weighted by Crippen LogP contribution is -2.15. The number of imidazole rings is 1. The molecule has 0 unspecified atom stereocenters. The fraction of sp³-hybridized carbons (Fsp3) is 0.0952. The van der Waals surface area contributed by atoms with Gasteiger partial charge in [0, 0.05) is 11.9 Å². The lowest BCUT2D eigenvalue weighted by Gasteiger charge is -2.11. The molecule has 5 nitrogen and oxygen atoms in total. The number of halogens is 1. The summed E-state index contributed by atoms with van der Waals surface area (Å²) in [5, 5.41) is 4.18. The number of anilines is 1. The van der Waals surface area contributed by atoms with Crippen LogP contribution in [0.15, 0.2) is 72.0 Å². The van der Waals surface area contributed by atoms with Gasteiger partial charge in [0.1, 0.15) is 0 Å². The molecule has 0 radical (unpaired) electrons. The van der Waals surface area contributed by atoms with Crippen molar-refractivity contribution < 1.29 is 4.79 Å². The molecule has 4 rings (SSSR count). The van der Waals surface area contributed by atoms with Crippen molar-refractivity contribution in [2.75, 3.05) is 11.1 Å². The lowest BCUT2D eigenvalue weighted by molar-refractivity contribution is -0.113. The Labute approximate surface area is 171 Å². The first kappa shape index (κ1) is 18.5. The van der Waals surface area contributed by atoms with Gasteiger partial charge >= 0.3 is 0 Å². The molecule has 2 aromatic carbocycles. The minimum absolute atomic E-state index is 0.0861. The molecule has 2 aromatic heterocycles. The van der Waals surface area contributed by atoms with E-state index in [2.05, 4.69) is 32.4 Å². The summed E-state index contributed by atoms with van der Waals surface area (Å²) in [4.78, 5) is 24.1. The molecule has 0 saturated carbocycles. The van der Waals surface area contributed by atoms with E-state index < -0.39 is 0 Å². The van der Waals surface area contributed by atoms with Gasteiger partial charge in [0.25, 0.3) is 0 Å². The summed E-state index contributed by atoms with van der Waals surface area (Å²) in [6.07, 6.45) is 2.32. The summed E-state index contributed by atoms with van der Waals surface area (Å²) < 4.78 is 0. The second-order valence-corrected chi connectivity index (χ2v) is 7.62. The predicted molar refractivity (Wildman–Crippen MR) is 114 cm³/mol. The number of nitrogens with zero attached hydrogens (tertiary/aromatic N) is 2. The molecule has 4 aromatic rings. The van der Waals surface area contributed by atoms with Gasteiger partial charge in [-0.25, -0.2) is 9.97 Å². The topological polar surface area (TPSA) is 70.7 Å². The molecular weight excluding hydrogens is 392 g/mol. The van der Waals surface area contributed by atoms with Gasteiger partial charge < -0.3 is 10.3 Å². The molecule has 1 amide bonds. The summed E-state index contributed by atoms with van der Waals surface area (Å²) in [5.41, 5.74) is 4.45. The predicted octanol–water partition coefficient (Wildman–Crippen LogP) is 4.93. The second kappa shape index (κ2) is 8.46. The van der Waals surface area contributed by atoms with Gasteiger partial charge in [0.05, 0.1) is 16.3 Å². The number of aromatic nitrogens is 3. The van der Waals surface area contributed by atoms with Gasteiger partial charge in [0.2, 0.25) is 5.91 Å². The molecule has 0 aliphatic heterocycles. The molecule has 0 atom stereocenters. The summed E-state index contributed by atoms with van der Waals surface area (Å²) in [5.74, 6) is 0.157.